The Morgan fingerprint density at radius 2 is 1.86 bits per heavy atom. The molecule has 1 aromatic heterocycles. The van der Waals surface area contributed by atoms with Crippen LogP contribution in [0.4, 0.5) is 0 Å². The second-order valence-corrected chi connectivity index (χ2v) is 10.7. The molecule has 0 unspecified atom stereocenters. The van der Waals surface area contributed by atoms with Gasteiger partial charge in [0.05, 0.1) is 12.1 Å². The van der Waals surface area contributed by atoms with Crippen LogP contribution in [0.15, 0.2) is 53.3 Å². The number of allylic oxidation sites excluding steroid dienone is 1. The topological polar surface area (TPSA) is 65.8 Å². The van der Waals surface area contributed by atoms with Crippen molar-refractivity contribution in [3.05, 3.63) is 75.7 Å². The van der Waals surface area contributed by atoms with Crippen LogP contribution in [-0.4, -0.2) is 57.7 Å². The van der Waals surface area contributed by atoms with Gasteiger partial charge >= 0.3 is 0 Å². The molecule has 1 N–H and O–H groups in total. The number of amides is 1. The van der Waals surface area contributed by atoms with Crippen LogP contribution in [0.25, 0.3) is 6.08 Å². The van der Waals surface area contributed by atoms with E-state index in [9.17, 15) is 14.7 Å². The van der Waals surface area contributed by atoms with E-state index in [2.05, 4.69) is 48.2 Å². The van der Waals surface area contributed by atoms with Crippen molar-refractivity contribution in [2.75, 3.05) is 26.2 Å². The highest BCUT2D eigenvalue weighted by Gasteiger charge is 2.56. The number of fused-ring (bicyclic) bond motifs is 3. The number of hydrogen-bond donors (Lipinski definition) is 1. The van der Waals surface area contributed by atoms with Crippen molar-refractivity contribution in [1.29, 1.82) is 0 Å². The third-order valence-corrected chi connectivity index (χ3v) is 8.59. The number of nitrogens with zero attached hydrogens (tertiary/aromatic N) is 3. The minimum atomic E-state index is -0.324. The van der Waals surface area contributed by atoms with E-state index >= 15 is 0 Å². The molecule has 3 aliphatic heterocycles. The molecule has 0 aliphatic carbocycles. The number of hydrogen-bond acceptors (Lipinski definition) is 4. The van der Waals surface area contributed by atoms with Gasteiger partial charge in [0.25, 0.3) is 5.56 Å². The quantitative estimate of drug-likeness (QED) is 0.644. The molecule has 1 aromatic carbocycles. The molecule has 0 bridgehead atoms. The van der Waals surface area contributed by atoms with Crippen molar-refractivity contribution >= 4 is 12.0 Å². The minimum absolute atomic E-state index is 0.000902. The number of rotatable bonds is 7. The average Bonchev–Trinajstić information content (AvgIpc) is 3.42. The SMILES string of the molecule is C/C=C\c1ccc2n(c1=O)C[C@H]1[C@H](CO)[C@@H](C(=O)N3CCC(Cc4ccccc4)CC3)N(CCC)[C@@H]21. The summed E-state index contributed by atoms with van der Waals surface area (Å²) in [6.07, 6.45) is 7.76. The number of aromatic nitrogens is 1. The zero-order valence-electron chi connectivity index (χ0n) is 21.6. The molecule has 0 spiro atoms. The number of piperidine rings is 1. The monoisotopic (exact) mass is 489 g/mol. The molecule has 4 heterocycles. The molecule has 5 rings (SSSR count). The fourth-order valence-corrected chi connectivity index (χ4v) is 6.92. The molecule has 2 aromatic rings. The average molecular weight is 490 g/mol. The lowest BCUT2D eigenvalue weighted by Crippen LogP contribution is -2.52. The van der Waals surface area contributed by atoms with Crippen molar-refractivity contribution in [2.45, 2.75) is 58.2 Å². The first-order chi connectivity index (χ1) is 17.6. The molecule has 2 saturated heterocycles. The highest BCUT2D eigenvalue weighted by atomic mass is 16.3. The van der Waals surface area contributed by atoms with Crippen LogP contribution in [0.1, 0.15) is 56.0 Å². The highest BCUT2D eigenvalue weighted by Crippen LogP contribution is 2.49. The van der Waals surface area contributed by atoms with Crippen molar-refractivity contribution in [2.24, 2.45) is 17.8 Å². The third-order valence-electron chi connectivity index (χ3n) is 8.59. The van der Waals surface area contributed by atoms with Gasteiger partial charge in [0, 0.05) is 49.3 Å². The first-order valence-electron chi connectivity index (χ1n) is 13.6. The second kappa shape index (κ2) is 10.7. The Bertz CT molecular complexity index is 1150. The number of carbonyl (C=O) groups excluding carboxylic acids is 1. The lowest BCUT2D eigenvalue weighted by Gasteiger charge is -2.38. The van der Waals surface area contributed by atoms with Gasteiger partial charge in [-0.1, -0.05) is 49.4 Å². The van der Waals surface area contributed by atoms with Gasteiger partial charge < -0.3 is 14.6 Å². The summed E-state index contributed by atoms with van der Waals surface area (Å²) in [6.45, 7) is 6.92. The maximum Gasteiger partial charge on any atom is 0.258 e. The molecule has 3 aliphatic rings. The predicted molar refractivity (Wildman–Crippen MR) is 142 cm³/mol. The van der Waals surface area contributed by atoms with E-state index in [1.165, 1.54) is 5.56 Å². The molecule has 6 heteroatoms. The van der Waals surface area contributed by atoms with Gasteiger partial charge in [-0.25, -0.2) is 0 Å². The summed E-state index contributed by atoms with van der Waals surface area (Å²) in [5, 5.41) is 10.5. The van der Waals surface area contributed by atoms with Crippen molar-refractivity contribution < 1.29 is 9.90 Å². The molecule has 192 valence electrons. The van der Waals surface area contributed by atoms with Crippen LogP contribution >= 0.6 is 0 Å². The first kappa shape index (κ1) is 25.0. The molecule has 6 nitrogen and oxygen atoms in total. The van der Waals surface area contributed by atoms with E-state index in [0.717, 1.165) is 51.0 Å². The Morgan fingerprint density at radius 3 is 2.53 bits per heavy atom. The van der Waals surface area contributed by atoms with Crippen LogP contribution in [-0.2, 0) is 17.8 Å². The largest absolute Gasteiger partial charge is 0.396 e. The maximum atomic E-state index is 14.0. The number of likely N-dealkylation sites (tertiary alicyclic amines) is 2. The molecule has 2 fully saturated rings. The predicted octanol–water partition coefficient (Wildman–Crippen LogP) is 3.74. The standard InChI is InChI=1S/C30H39N3O3/c1-3-8-23-11-12-26-27-24(19-33(26)29(23)35)25(20-34)28(32(27)15-4-2)30(36)31-16-13-22(14-17-31)18-21-9-6-5-7-10-21/h3,5-12,22,24-25,27-28,34H,4,13-20H2,1-2H3/b8-3-/t24-,25-,27+,28-/m0/s1. The summed E-state index contributed by atoms with van der Waals surface area (Å²) < 4.78 is 1.88. The van der Waals surface area contributed by atoms with Crippen LogP contribution in [0.3, 0.4) is 0 Å². The van der Waals surface area contributed by atoms with Crippen LogP contribution in [0, 0.1) is 17.8 Å². The number of aliphatic hydroxyl groups is 1. The van der Waals surface area contributed by atoms with Gasteiger partial charge in [0.2, 0.25) is 5.91 Å². The van der Waals surface area contributed by atoms with Crippen LogP contribution in [0.5, 0.6) is 0 Å². The number of benzene rings is 1. The van der Waals surface area contributed by atoms with Gasteiger partial charge in [-0.15, -0.1) is 0 Å². The first-order valence-corrected chi connectivity index (χ1v) is 13.6. The van der Waals surface area contributed by atoms with E-state index in [0.29, 0.717) is 18.0 Å². The molecule has 36 heavy (non-hydrogen) atoms. The van der Waals surface area contributed by atoms with E-state index in [-0.39, 0.29) is 42.0 Å². The fraction of sp³-hybridized carbons (Fsp3) is 0.533. The lowest BCUT2D eigenvalue weighted by molar-refractivity contribution is -0.139. The Kier molecular flexibility index (Phi) is 7.44. The highest BCUT2D eigenvalue weighted by molar-refractivity contribution is 5.83. The van der Waals surface area contributed by atoms with E-state index in [4.69, 9.17) is 0 Å². The molecular formula is C30H39N3O3. The number of pyridine rings is 1. The molecule has 4 atom stereocenters. The maximum absolute atomic E-state index is 14.0. The Balaban J connectivity index is 1.35. The zero-order valence-corrected chi connectivity index (χ0v) is 21.6. The summed E-state index contributed by atoms with van der Waals surface area (Å²) in [5.74, 6) is 0.666. The molecule has 0 saturated carbocycles. The second-order valence-electron chi connectivity index (χ2n) is 10.7. The fourth-order valence-electron chi connectivity index (χ4n) is 6.92. The molecule has 0 radical (unpaired) electrons. The summed E-state index contributed by atoms with van der Waals surface area (Å²) in [5.41, 5.74) is 3.07. The Hall–Kier alpha value is -2.70. The van der Waals surface area contributed by atoms with Crippen LogP contribution < -0.4 is 5.56 Å². The number of carbonyl (C=O) groups is 1. The van der Waals surface area contributed by atoms with Gasteiger partial charge in [-0.05, 0) is 62.8 Å². The Labute approximate surface area is 214 Å². The van der Waals surface area contributed by atoms with Crippen molar-refractivity contribution in [3.8, 4) is 0 Å². The lowest BCUT2D eigenvalue weighted by atomic mass is 9.86. The summed E-state index contributed by atoms with van der Waals surface area (Å²) >= 11 is 0. The van der Waals surface area contributed by atoms with Crippen molar-refractivity contribution in [1.82, 2.24) is 14.4 Å². The van der Waals surface area contributed by atoms with Crippen LogP contribution in [0.2, 0.25) is 0 Å². The van der Waals surface area contributed by atoms with Gasteiger partial charge in [0.1, 0.15) is 0 Å². The van der Waals surface area contributed by atoms with E-state index < -0.39 is 0 Å². The molecule has 1 amide bonds. The smallest absolute Gasteiger partial charge is 0.258 e. The van der Waals surface area contributed by atoms with E-state index in [1.54, 1.807) is 0 Å². The van der Waals surface area contributed by atoms with E-state index in [1.807, 2.05) is 34.6 Å². The normalized spacial score (nSPS) is 26.5. The molecular weight excluding hydrogens is 450 g/mol. The number of aliphatic hydroxyl groups excluding tert-OH is 1. The van der Waals surface area contributed by atoms with Gasteiger partial charge in [-0.2, -0.15) is 0 Å². The third kappa shape index (κ3) is 4.46. The summed E-state index contributed by atoms with van der Waals surface area (Å²) in [6, 6.07) is 14.3. The van der Waals surface area contributed by atoms with Gasteiger partial charge in [0.15, 0.2) is 0 Å². The Morgan fingerprint density at radius 1 is 1.11 bits per heavy atom. The summed E-state index contributed by atoms with van der Waals surface area (Å²) in [4.78, 5) is 31.4. The zero-order chi connectivity index (χ0) is 25.2. The van der Waals surface area contributed by atoms with Gasteiger partial charge in [-0.3, -0.25) is 14.5 Å². The summed E-state index contributed by atoms with van der Waals surface area (Å²) in [7, 11) is 0. The minimum Gasteiger partial charge on any atom is -0.396 e. The van der Waals surface area contributed by atoms with Crippen molar-refractivity contribution in [3.63, 3.8) is 0 Å².